The van der Waals surface area contributed by atoms with Gasteiger partial charge in [0.25, 0.3) is 0 Å². The van der Waals surface area contributed by atoms with Gasteiger partial charge in [0.05, 0.1) is 25.4 Å². The molecule has 23 heavy (non-hydrogen) atoms. The fourth-order valence-electron chi connectivity index (χ4n) is 7.45. The van der Waals surface area contributed by atoms with Gasteiger partial charge < -0.3 is 14.2 Å². The molecular weight excluding hydrogens is 296 g/mol. The van der Waals surface area contributed by atoms with Crippen molar-refractivity contribution in [2.75, 3.05) is 13.2 Å². The summed E-state index contributed by atoms with van der Waals surface area (Å²) in [5.74, 6) is -0.427. The van der Waals surface area contributed by atoms with Gasteiger partial charge in [-0.15, -0.1) is 0 Å². The van der Waals surface area contributed by atoms with E-state index >= 15 is 0 Å². The normalized spacial score (nSPS) is 53.8. The molecule has 5 nitrogen and oxygen atoms in total. The van der Waals surface area contributed by atoms with Crippen molar-refractivity contribution in [3.63, 3.8) is 0 Å². The zero-order valence-corrected chi connectivity index (χ0v) is 13.9. The lowest BCUT2D eigenvalue weighted by molar-refractivity contribution is -0.184. The number of hydrogen-bond donors (Lipinski definition) is 0. The molecule has 0 N–H and O–H groups in total. The lowest BCUT2D eigenvalue weighted by Crippen LogP contribution is -2.55. The first-order valence-electron chi connectivity index (χ1n) is 9.14. The van der Waals surface area contributed by atoms with Crippen molar-refractivity contribution in [1.29, 1.82) is 0 Å². The maximum absolute atomic E-state index is 12.9. The number of carbonyl (C=O) groups is 2. The summed E-state index contributed by atoms with van der Waals surface area (Å²) in [7, 11) is 0. The molecule has 0 radical (unpaired) electrons. The summed E-state index contributed by atoms with van der Waals surface area (Å²) < 4.78 is 17.1. The average molecular weight is 320 g/mol. The van der Waals surface area contributed by atoms with E-state index in [2.05, 4.69) is 0 Å². The Hall–Kier alpha value is -1.10. The molecule has 2 heterocycles. The predicted molar refractivity (Wildman–Crippen MR) is 79.4 cm³/mol. The van der Waals surface area contributed by atoms with Gasteiger partial charge in [-0.3, -0.25) is 9.59 Å². The van der Waals surface area contributed by atoms with Crippen molar-refractivity contribution >= 4 is 11.9 Å². The van der Waals surface area contributed by atoms with E-state index in [1.807, 2.05) is 13.8 Å². The van der Waals surface area contributed by atoms with Crippen LogP contribution in [0, 0.1) is 21.7 Å². The SMILES string of the molecule is CCOC(=O)C12C3OC4C5(CCCCCCC351)C42C(=O)OCC. The molecule has 5 heteroatoms. The minimum atomic E-state index is -0.732. The van der Waals surface area contributed by atoms with Gasteiger partial charge in [0, 0.05) is 10.8 Å². The third-order valence-electron chi connectivity index (χ3n) is 7.70. The Morgan fingerprint density at radius 3 is 1.70 bits per heavy atom. The Bertz CT molecular complexity index is 565. The van der Waals surface area contributed by atoms with Gasteiger partial charge in [-0.25, -0.2) is 0 Å². The molecular formula is C18H24O5. The first-order chi connectivity index (χ1) is 11.1. The van der Waals surface area contributed by atoms with E-state index in [0.717, 1.165) is 25.7 Å². The molecule has 0 amide bonds. The Balaban J connectivity index is 1.62. The largest absolute Gasteiger partial charge is 0.465 e. The molecule has 2 aliphatic heterocycles. The van der Waals surface area contributed by atoms with Crippen LogP contribution < -0.4 is 0 Å². The minimum Gasteiger partial charge on any atom is -0.465 e. The fraction of sp³-hybridized carbons (Fsp3) is 0.889. The van der Waals surface area contributed by atoms with Crippen LogP contribution in [0.15, 0.2) is 0 Å². The maximum Gasteiger partial charge on any atom is 0.316 e. The molecule has 6 fully saturated rings. The Labute approximate surface area is 136 Å². The molecule has 6 unspecified atom stereocenters. The monoisotopic (exact) mass is 320 g/mol. The number of rotatable bonds is 4. The van der Waals surface area contributed by atoms with Gasteiger partial charge in [0.15, 0.2) is 0 Å². The predicted octanol–water partition coefficient (Wildman–Crippen LogP) is 2.22. The maximum atomic E-state index is 12.9. The smallest absolute Gasteiger partial charge is 0.316 e. The van der Waals surface area contributed by atoms with Crippen LogP contribution in [0.25, 0.3) is 0 Å². The Morgan fingerprint density at radius 1 is 0.870 bits per heavy atom. The van der Waals surface area contributed by atoms with Crippen molar-refractivity contribution in [2.24, 2.45) is 21.7 Å². The highest BCUT2D eigenvalue weighted by Gasteiger charge is 3.23. The van der Waals surface area contributed by atoms with Crippen molar-refractivity contribution < 1.29 is 23.8 Å². The summed E-state index contributed by atoms with van der Waals surface area (Å²) in [6, 6.07) is 0. The molecule has 6 rings (SSSR count). The van der Waals surface area contributed by atoms with E-state index in [9.17, 15) is 9.59 Å². The number of carbonyl (C=O) groups excluding carboxylic acids is 2. The quantitative estimate of drug-likeness (QED) is 0.743. The molecule has 0 aromatic rings. The summed E-state index contributed by atoms with van der Waals surface area (Å²) in [6.07, 6.45) is 6.43. The Kier molecular flexibility index (Phi) is 2.44. The summed E-state index contributed by atoms with van der Waals surface area (Å²) in [5.41, 5.74) is -1.73. The Morgan fingerprint density at radius 2 is 1.30 bits per heavy atom. The van der Waals surface area contributed by atoms with Crippen LogP contribution in [-0.4, -0.2) is 37.4 Å². The van der Waals surface area contributed by atoms with Gasteiger partial charge in [0.1, 0.15) is 10.8 Å². The van der Waals surface area contributed by atoms with Gasteiger partial charge in [-0.1, -0.05) is 25.7 Å². The molecule has 6 atom stereocenters. The van der Waals surface area contributed by atoms with Gasteiger partial charge in [0.2, 0.25) is 0 Å². The molecule has 2 spiro atoms. The van der Waals surface area contributed by atoms with Crippen LogP contribution in [0.5, 0.6) is 0 Å². The van der Waals surface area contributed by atoms with Crippen LogP contribution >= 0.6 is 0 Å². The van der Waals surface area contributed by atoms with E-state index < -0.39 is 10.8 Å². The second kappa shape index (κ2) is 3.93. The third kappa shape index (κ3) is 0.966. The van der Waals surface area contributed by atoms with E-state index in [1.54, 1.807) is 0 Å². The molecule has 6 aliphatic rings. The number of ether oxygens (including phenoxy) is 3. The van der Waals surface area contributed by atoms with Crippen molar-refractivity contribution in [3.8, 4) is 0 Å². The first-order valence-corrected chi connectivity index (χ1v) is 9.14. The highest BCUT2D eigenvalue weighted by atomic mass is 16.6. The second-order valence-corrected chi connectivity index (χ2v) is 7.81. The highest BCUT2D eigenvalue weighted by Crippen LogP contribution is 3.12. The number of hydrogen-bond acceptors (Lipinski definition) is 5. The van der Waals surface area contributed by atoms with Gasteiger partial charge in [-0.2, -0.15) is 0 Å². The van der Waals surface area contributed by atoms with Gasteiger partial charge in [-0.05, 0) is 26.7 Å². The summed E-state index contributed by atoms with van der Waals surface area (Å²) in [6.45, 7) is 4.34. The van der Waals surface area contributed by atoms with Crippen LogP contribution in [-0.2, 0) is 23.8 Å². The molecule has 2 bridgehead atoms. The minimum absolute atomic E-state index is 0.110. The topological polar surface area (TPSA) is 61.8 Å². The summed E-state index contributed by atoms with van der Waals surface area (Å²) in [5, 5.41) is 0. The van der Waals surface area contributed by atoms with Crippen LogP contribution in [0.1, 0.15) is 52.4 Å². The molecule has 0 aromatic carbocycles. The fourth-order valence-corrected chi connectivity index (χ4v) is 7.45. The molecule has 2 saturated heterocycles. The van der Waals surface area contributed by atoms with Crippen molar-refractivity contribution in [1.82, 2.24) is 0 Å². The second-order valence-electron chi connectivity index (χ2n) is 7.81. The summed E-state index contributed by atoms with van der Waals surface area (Å²) >= 11 is 0. The molecule has 126 valence electrons. The van der Waals surface area contributed by atoms with Crippen molar-refractivity contribution in [3.05, 3.63) is 0 Å². The van der Waals surface area contributed by atoms with Crippen LogP contribution in [0.4, 0.5) is 0 Å². The third-order valence-corrected chi connectivity index (χ3v) is 7.70. The van der Waals surface area contributed by atoms with E-state index in [4.69, 9.17) is 14.2 Å². The van der Waals surface area contributed by atoms with Crippen molar-refractivity contribution in [2.45, 2.75) is 64.6 Å². The van der Waals surface area contributed by atoms with E-state index in [-0.39, 0.29) is 35.0 Å². The lowest BCUT2D eigenvalue weighted by Gasteiger charge is -2.46. The highest BCUT2D eigenvalue weighted by molar-refractivity contribution is 6.05. The average Bonchev–Trinajstić information content (AvgIpc) is 3.14. The number of esters is 2. The van der Waals surface area contributed by atoms with Crippen LogP contribution in [0.2, 0.25) is 0 Å². The zero-order valence-electron chi connectivity index (χ0n) is 13.9. The molecule has 4 aliphatic carbocycles. The van der Waals surface area contributed by atoms with E-state index in [0.29, 0.717) is 13.2 Å². The van der Waals surface area contributed by atoms with Gasteiger partial charge >= 0.3 is 11.9 Å². The zero-order chi connectivity index (χ0) is 16.1. The standard InChI is InChI=1S/C18H24O5/c1-3-21-13(19)17-11-15(17)9-7-5-6-8-10-16(15)12(23-11)18(16,17)14(20)22-4-2/h11-12H,3-10H2,1-2H3. The molecule has 0 aromatic heterocycles. The first kappa shape index (κ1) is 14.3. The lowest BCUT2D eigenvalue weighted by atomic mass is 9.53. The summed E-state index contributed by atoms with van der Waals surface area (Å²) in [4.78, 5) is 25.8. The van der Waals surface area contributed by atoms with E-state index in [1.165, 1.54) is 12.8 Å². The van der Waals surface area contributed by atoms with Crippen LogP contribution in [0.3, 0.4) is 0 Å². The molecule has 4 saturated carbocycles.